The summed E-state index contributed by atoms with van der Waals surface area (Å²) >= 11 is 0. The average molecular weight is 325 g/mol. The number of rotatable bonds is 4. The van der Waals surface area contributed by atoms with E-state index >= 15 is 0 Å². The minimum absolute atomic E-state index is 0.0789. The van der Waals surface area contributed by atoms with Crippen LogP contribution in [-0.4, -0.2) is 9.78 Å². The van der Waals surface area contributed by atoms with Crippen molar-refractivity contribution < 1.29 is 13.2 Å². The molecule has 3 nitrogen and oxygen atoms in total. The summed E-state index contributed by atoms with van der Waals surface area (Å²) in [7, 11) is 0. The van der Waals surface area contributed by atoms with E-state index in [1.807, 2.05) is 26.0 Å². The summed E-state index contributed by atoms with van der Waals surface area (Å²) in [5.74, 6) is 0.478. The predicted molar refractivity (Wildman–Crippen MR) is 84.4 cm³/mol. The highest BCUT2D eigenvalue weighted by atomic mass is 19.4. The molecule has 0 aliphatic rings. The normalized spacial score (nSPS) is 13.6. The lowest BCUT2D eigenvalue weighted by Gasteiger charge is -2.18. The number of hydrogen-bond donors (Lipinski definition) is 1. The predicted octanol–water partition coefficient (Wildman–Crippen LogP) is 4.55. The molecule has 1 heterocycles. The number of nitrogens with zero attached hydrogens (tertiary/aromatic N) is 2. The molecule has 0 bridgehead atoms. The fourth-order valence-electron chi connectivity index (χ4n) is 2.80. The van der Waals surface area contributed by atoms with Crippen molar-refractivity contribution in [2.45, 2.75) is 46.3 Å². The van der Waals surface area contributed by atoms with Crippen molar-refractivity contribution in [3.8, 4) is 5.69 Å². The van der Waals surface area contributed by atoms with Gasteiger partial charge in [0.2, 0.25) is 0 Å². The summed E-state index contributed by atoms with van der Waals surface area (Å²) in [6.07, 6.45) is -1.67. The molecule has 0 fully saturated rings. The zero-order chi connectivity index (χ0) is 17.4. The van der Waals surface area contributed by atoms with Gasteiger partial charge in [0.15, 0.2) is 0 Å². The molecule has 1 atom stereocenters. The number of aromatic nitrogens is 2. The van der Waals surface area contributed by atoms with Crippen LogP contribution in [0.5, 0.6) is 0 Å². The molecule has 1 aromatic carbocycles. The Morgan fingerprint density at radius 2 is 1.74 bits per heavy atom. The van der Waals surface area contributed by atoms with Crippen LogP contribution in [0.4, 0.5) is 13.2 Å². The van der Waals surface area contributed by atoms with Gasteiger partial charge in [-0.25, -0.2) is 4.68 Å². The van der Waals surface area contributed by atoms with E-state index in [9.17, 15) is 13.2 Å². The second-order valence-corrected chi connectivity index (χ2v) is 6.41. The third kappa shape index (κ3) is 3.93. The van der Waals surface area contributed by atoms with Gasteiger partial charge in [0.1, 0.15) is 0 Å². The molecule has 0 amide bonds. The SMILES string of the molecule is Cc1cc(C(N)CC(C)C)cc(C)c1-n1cc(C(F)(F)F)cn1. The second kappa shape index (κ2) is 6.35. The average Bonchev–Trinajstić information content (AvgIpc) is 2.86. The van der Waals surface area contributed by atoms with E-state index in [2.05, 4.69) is 18.9 Å². The Labute approximate surface area is 134 Å². The number of alkyl halides is 3. The van der Waals surface area contributed by atoms with E-state index in [0.29, 0.717) is 11.6 Å². The minimum Gasteiger partial charge on any atom is -0.324 e. The van der Waals surface area contributed by atoms with E-state index < -0.39 is 11.7 Å². The number of hydrogen-bond acceptors (Lipinski definition) is 2. The molecule has 0 spiro atoms. The molecule has 0 saturated heterocycles. The molecule has 23 heavy (non-hydrogen) atoms. The molecule has 0 saturated carbocycles. The van der Waals surface area contributed by atoms with Gasteiger partial charge >= 0.3 is 6.18 Å². The van der Waals surface area contributed by atoms with Gasteiger partial charge in [-0.3, -0.25) is 0 Å². The van der Waals surface area contributed by atoms with Gasteiger partial charge in [0.05, 0.1) is 17.4 Å². The van der Waals surface area contributed by atoms with Crippen LogP contribution in [0.3, 0.4) is 0 Å². The molecule has 0 aliphatic carbocycles. The quantitative estimate of drug-likeness (QED) is 0.896. The van der Waals surface area contributed by atoms with E-state index in [-0.39, 0.29) is 6.04 Å². The van der Waals surface area contributed by atoms with E-state index in [1.165, 1.54) is 4.68 Å². The topological polar surface area (TPSA) is 43.8 Å². The van der Waals surface area contributed by atoms with Gasteiger partial charge in [-0.15, -0.1) is 0 Å². The van der Waals surface area contributed by atoms with Crippen LogP contribution in [-0.2, 0) is 6.18 Å². The zero-order valence-electron chi connectivity index (χ0n) is 13.8. The molecule has 0 aliphatic heterocycles. The van der Waals surface area contributed by atoms with Crippen molar-refractivity contribution in [2.75, 3.05) is 0 Å². The molecule has 0 radical (unpaired) electrons. The van der Waals surface area contributed by atoms with E-state index in [4.69, 9.17) is 5.73 Å². The van der Waals surface area contributed by atoms with Crippen LogP contribution in [0.15, 0.2) is 24.5 Å². The molecular formula is C17H22F3N3. The maximum Gasteiger partial charge on any atom is 0.419 e. The van der Waals surface area contributed by atoms with E-state index in [1.54, 1.807) is 0 Å². The fourth-order valence-corrected chi connectivity index (χ4v) is 2.80. The third-order valence-electron chi connectivity index (χ3n) is 3.81. The first-order valence-corrected chi connectivity index (χ1v) is 7.58. The Hall–Kier alpha value is -1.82. The van der Waals surface area contributed by atoms with Crippen LogP contribution >= 0.6 is 0 Å². The first kappa shape index (κ1) is 17.5. The summed E-state index contributed by atoms with van der Waals surface area (Å²) in [5.41, 5.74) is 8.84. The molecule has 126 valence electrons. The van der Waals surface area contributed by atoms with Crippen molar-refractivity contribution in [3.05, 3.63) is 46.8 Å². The summed E-state index contributed by atoms with van der Waals surface area (Å²) < 4.78 is 39.5. The Balaban J connectivity index is 2.39. The summed E-state index contributed by atoms with van der Waals surface area (Å²) in [4.78, 5) is 0. The van der Waals surface area contributed by atoms with Crippen molar-refractivity contribution in [1.82, 2.24) is 9.78 Å². The lowest BCUT2D eigenvalue weighted by molar-refractivity contribution is -0.137. The smallest absolute Gasteiger partial charge is 0.324 e. The highest BCUT2D eigenvalue weighted by Crippen LogP contribution is 2.31. The fraction of sp³-hybridized carbons (Fsp3) is 0.471. The van der Waals surface area contributed by atoms with Gasteiger partial charge < -0.3 is 5.73 Å². The van der Waals surface area contributed by atoms with Crippen molar-refractivity contribution in [2.24, 2.45) is 11.7 Å². The lowest BCUT2D eigenvalue weighted by atomic mass is 9.94. The molecule has 2 rings (SSSR count). The molecule has 1 unspecified atom stereocenters. The van der Waals surface area contributed by atoms with Crippen LogP contribution in [0.2, 0.25) is 0 Å². The Bertz CT molecular complexity index is 664. The van der Waals surface area contributed by atoms with Crippen LogP contribution in [0.25, 0.3) is 5.69 Å². The van der Waals surface area contributed by atoms with Crippen LogP contribution < -0.4 is 5.73 Å². The summed E-state index contributed by atoms with van der Waals surface area (Å²) in [6.45, 7) is 7.94. The Morgan fingerprint density at radius 1 is 1.17 bits per heavy atom. The highest BCUT2D eigenvalue weighted by molar-refractivity contribution is 5.49. The number of aryl methyl sites for hydroxylation is 2. The minimum atomic E-state index is -4.39. The first-order valence-electron chi connectivity index (χ1n) is 7.58. The van der Waals surface area contributed by atoms with Crippen molar-refractivity contribution in [3.63, 3.8) is 0 Å². The zero-order valence-corrected chi connectivity index (χ0v) is 13.8. The number of benzene rings is 1. The van der Waals surface area contributed by atoms with Gasteiger partial charge in [-0.2, -0.15) is 18.3 Å². The second-order valence-electron chi connectivity index (χ2n) is 6.41. The molecular weight excluding hydrogens is 303 g/mol. The van der Waals surface area contributed by atoms with Crippen LogP contribution in [0.1, 0.15) is 48.6 Å². The Kier molecular flexibility index (Phi) is 4.84. The maximum atomic E-state index is 12.7. The van der Waals surface area contributed by atoms with Gasteiger partial charge in [-0.1, -0.05) is 26.0 Å². The standard InChI is InChI=1S/C17H22F3N3/c1-10(2)5-15(21)13-6-11(3)16(12(4)7-13)23-9-14(8-22-23)17(18,19)20/h6-10,15H,5,21H2,1-4H3. The number of nitrogens with two attached hydrogens (primary N) is 1. The van der Waals surface area contributed by atoms with Gasteiger partial charge in [0.25, 0.3) is 0 Å². The molecule has 1 aromatic heterocycles. The highest BCUT2D eigenvalue weighted by Gasteiger charge is 2.32. The largest absolute Gasteiger partial charge is 0.419 e. The lowest BCUT2D eigenvalue weighted by Crippen LogP contribution is -2.14. The van der Waals surface area contributed by atoms with Crippen molar-refractivity contribution in [1.29, 1.82) is 0 Å². The number of halogens is 3. The monoisotopic (exact) mass is 325 g/mol. The molecule has 2 N–H and O–H groups in total. The Morgan fingerprint density at radius 3 is 2.17 bits per heavy atom. The first-order chi connectivity index (χ1) is 10.6. The summed E-state index contributed by atoms with van der Waals surface area (Å²) in [6, 6.07) is 3.79. The van der Waals surface area contributed by atoms with E-state index in [0.717, 1.165) is 35.5 Å². The van der Waals surface area contributed by atoms with Crippen LogP contribution in [0, 0.1) is 19.8 Å². The van der Waals surface area contributed by atoms with Gasteiger partial charge in [0, 0.05) is 12.2 Å². The third-order valence-corrected chi connectivity index (χ3v) is 3.81. The summed E-state index contributed by atoms with van der Waals surface area (Å²) in [5, 5.41) is 3.86. The molecule has 6 heteroatoms. The maximum absolute atomic E-state index is 12.7. The van der Waals surface area contributed by atoms with Crippen molar-refractivity contribution >= 4 is 0 Å². The molecule has 2 aromatic rings. The van der Waals surface area contributed by atoms with Gasteiger partial charge in [-0.05, 0) is 42.9 Å².